The molecule has 6 nitrogen and oxygen atoms in total. The van der Waals surface area contributed by atoms with Gasteiger partial charge < -0.3 is 9.26 Å². The van der Waals surface area contributed by atoms with E-state index in [4.69, 9.17) is 9.26 Å². The SMILES string of the molecule is COc1cccc(CNS(=O)(=O)c2ccc(-c3cc(C)no3)cc2C)c1. The Labute approximate surface area is 152 Å². The van der Waals surface area contributed by atoms with E-state index in [1.165, 1.54) is 0 Å². The molecule has 7 heteroatoms. The molecule has 0 saturated heterocycles. The molecule has 0 atom stereocenters. The van der Waals surface area contributed by atoms with Crippen LogP contribution < -0.4 is 9.46 Å². The molecule has 0 unspecified atom stereocenters. The number of aryl methyl sites for hydroxylation is 2. The van der Waals surface area contributed by atoms with Gasteiger partial charge in [0.1, 0.15) is 5.75 Å². The van der Waals surface area contributed by atoms with Gasteiger partial charge >= 0.3 is 0 Å². The van der Waals surface area contributed by atoms with Gasteiger partial charge in [-0.25, -0.2) is 13.1 Å². The number of hydrogen-bond donors (Lipinski definition) is 1. The maximum absolute atomic E-state index is 12.7. The Kier molecular flexibility index (Phi) is 5.11. The highest BCUT2D eigenvalue weighted by molar-refractivity contribution is 7.89. The molecule has 0 aliphatic rings. The summed E-state index contributed by atoms with van der Waals surface area (Å²) >= 11 is 0. The molecule has 26 heavy (non-hydrogen) atoms. The number of rotatable bonds is 6. The van der Waals surface area contributed by atoms with Gasteiger partial charge in [-0.2, -0.15) is 0 Å². The summed E-state index contributed by atoms with van der Waals surface area (Å²) < 4.78 is 38.3. The number of sulfonamides is 1. The van der Waals surface area contributed by atoms with Gasteiger partial charge in [0.15, 0.2) is 5.76 Å². The number of benzene rings is 2. The van der Waals surface area contributed by atoms with Gasteiger partial charge in [0.2, 0.25) is 10.0 Å². The largest absolute Gasteiger partial charge is 0.497 e. The molecule has 0 aliphatic carbocycles. The number of ether oxygens (including phenoxy) is 1. The minimum atomic E-state index is -3.64. The zero-order valence-electron chi connectivity index (χ0n) is 14.8. The highest BCUT2D eigenvalue weighted by atomic mass is 32.2. The van der Waals surface area contributed by atoms with E-state index in [1.54, 1.807) is 38.3 Å². The van der Waals surface area contributed by atoms with Crippen LogP contribution in [0.3, 0.4) is 0 Å². The van der Waals surface area contributed by atoms with Crippen molar-refractivity contribution in [3.8, 4) is 17.1 Å². The maximum atomic E-state index is 12.7. The van der Waals surface area contributed by atoms with E-state index < -0.39 is 10.0 Å². The average molecular weight is 372 g/mol. The van der Waals surface area contributed by atoms with Gasteiger partial charge in [-0.3, -0.25) is 0 Å². The van der Waals surface area contributed by atoms with Crippen LogP contribution in [-0.2, 0) is 16.6 Å². The van der Waals surface area contributed by atoms with Crippen molar-refractivity contribution in [2.75, 3.05) is 7.11 Å². The highest BCUT2D eigenvalue weighted by Gasteiger charge is 2.18. The number of aromatic nitrogens is 1. The van der Waals surface area contributed by atoms with Gasteiger partial charge in [-0.15, -0.1) is 0 Å². The number of nitrogens with one attached hydrogen (secondary N) is 1. The van der Waals surface area contributed by atoms with Gasteiger partial charge in [0.25, 0.3) is 0 Å². The molecule has 1 aromatic heterocycles. The quantitative estimate of drug-likeness (QED) is 0.717. The number of hydrogen-bond acceptors (Lipinski definition) is 5. The summed E-state index contributed by atoms with van der Waals surface area (Å²) in [6, 6.07) is 14.2. The lowest BCUT2D eigenvalue weighted by Gasteiger charge is -2.11. The zero-order valence-corrected chi connectivity index (χ0v) is 15.6. The van der Waals surface area contributed by atoms with E-state index in [-0.39, 0.29) is 11.4 Å². The predicted molar refractivity (Wildman–Crippen MR) is 98.4 cm³/mol. The van der Waals surface area contributed by atoms with E-state index in [0.717, 1.165) is 16.8 Å². The van der Waals surface area contributed by atoms with Gasteiger partial charge in [-0.1, -0.05) is 17.3 Å². The first kappa shape index (κ1) is 18.2. The van der Waals surface area contributed by atoms with Crippen LogP contribution in [0.25, 0.3) is 11.3 Å². The Balaban J connectivity index is 1.80. The third-order valence-corrected chi connectivity index (χ3v) is 5.54. The molecule has 3 rings (SSSR count). The maximum Gasteiger partial charge on any atom is 0.241 e. The van der Waals surface area contributed by atoms with Crippen molar-refractivity contribution in [3.05, 3.63) is 65.4 Å². The molecular formula is C19H20N2O4S. The topological polar surface area (TPSA) is 81.4 Å². The van der Waals surface area contributed by atoms with Crippen molar-refractivity contribution >= 4 is 10.0 Å². The Morgan fingerprint density at radius 3 is 2.58 bits per heavy atom. The van der Waals surface area contributed by atoms with E-state index in [1.807, 2.05) is 31.2 Å². The number of methoxy groups -OCH3 is 1. The second-order valence-corrected chi connectivity index (χ2v) is 7.72. The second-order valence-electron chi connectivity index (χ2n) is 5.99. The van der Waals surface area contributed by atoms with Crippen LogP contribution in [0, 0.1) is 13.8 Å². The second kappa shape index (κ2) is 7.31. The molecule has 0 spiro atoms. The fourth-order valence-electron chi connectivity index (χ4n) is 2.64. The monoisotopic (exact) mass is 372 g/mol. The first-order valence-corrected chi connectivity index (χ1v) is 9.54. The smallest absolute Gasteiger partial charge is 0.241 e. The van der Waals surface area contributed by atoms with Gasteiger partial charge in [0, 0.05) is 18.2 Å². The zero-order chi connectivity index (χ0) is 18.7. The molecule has 0 fully saturated rings. The lowest BCUT2D eigenvalue weighted by atomic mass is 10.1. The van der Waals surface area contributed by atoms with Crippen molar-refractivity contribution in [1.29, 1.82) is 0 Å². The van der Waals surface area contributed by atoms with Crippen LogP contribution >= 0.6 is 0 Å². The fraction of sp³-hybridized carbons (Fsp3) is 0.211. The minimum Gasteiger partial charge on any atom is -0.497 e. The lowest BCUT2D eigenvalue weighted by molar-refractivity contribution is 0.414. The van der Waals surface area contributed by atoms with Crippen LogP contribution in [0.5, 0.6) is 5.75 Å². The lowest BCUT2D eigenvalue weighted by Crippen LogP contribution is -2.24. The molecule has 2 aromatic carbocycles. The van der Waals surface area contributed by atoms with Crippen LogP contribution in [0.2, 0.25) is 0 Å². The molecule has 0 aliphatic heterocycles. The molecule has 0 amide bonds. The van der Waals surface area contributed by atoms with E-state index in [0.29, 0.717) is 17.1 Å². The van der Waals surface area contributed by atoms with Crippen molar-refractivity contribution < 1.29 is 17.7 Å². The Bertz CT molecular complexity index is 1030. The van der Waals surface area contributed by atoms with E-state index >= 15 is 0 Å². The van der Waals surface area contributed by atoms with Crippen LogP contribution in [0.1, 0.15) is 16.8 Å². The van der Waals surface area contributed by atoms with Crippen molar-refractivity contribution in [2.24, 2.45) is 0 Å². The third-order valence-electron chi connectivity index (χ3n) is 3.98. The van der Waals surface area contributed by atoms with Crippen LogP contribution in [0.15, 0.2) is 57.9 Å². The molecule has 1 heterocycles. The summed E-state index contributed by atoms with van der Waals surface area (Å²) in [5.74, 6) is 1.29. The van der Waals surface area contributed by atoms with E-state index in [2.05, 4.69) is 9.88 Å². The Morgan fingerprint density at radius 1 is 1.12 bits per heavy atom. The Morgan fingerprint density at radius 2 is 1.92 bits per heavy atom. The summed E-state index contributed by atoms with van der Waals surface area (Å²) in [6.45, 7) is 3.77. The average Bonchev–Trinajstić information content (AvgIpc) is 3.06. The standard InChI is InChI=1S/C19H20N2O4S/c1-13-9-16(18-10-14(2)21-25-18)7-8-19(13)26(22,23)20-12-15-5-4-6-17(11-15)24-3/h4-11,20H,12H2,1-3H3. The fourth-order valence-corrected chi connectivity index (χ4v) is 3.88. The molecule has 3 aromatic rings. The molecule has 0 saturated carbocycles. The van der Waals surface area contributed by atoms with E-state index in [9.17, 15) is 8.42 Å². The molecule has 0 radical (unpaired) electrons. The molecular weight excluding hydrogens is 352 g/mol. The highest BCUT2D eigenvalue weighted by Crippen LogP contribution is 2.25. The molecule has 0 bridgehead atoms. The van der Waals surface area contributed by atoms with Gasteiger partial charge in [0.05, 0.1) is 17.7 Å². The summed E-state index contributed by atoms with van der Waals surface area (Å²) in [6.07, 6.45) is 0. The first-order valence-electron chi connectivity index (χ1n) is 8.06. The van der Waals surface area contributed by atoms with Crippen molar-refractivity contribution in [2.45, 2.75) is 25.3 Å². The predicted octanol–water partition coefficient (Wildman–Crippen LogP) is 3.45. The van der Waals surface area contributed by atoms with Crippen LogP contribution in [0.4, 0.5) is 0 Å². The summed E-state index contributed by atoms with van der Waals surface area (Å²) in [5, 5.41) is 3.86. The van der Waals surface area contributed by atoms with Gasteiger partial charge in [-0.05, 0) is 55.3 Å². The third kappa shape index (κ3) is 3.95. The summed E-state index contributed by atoms with van der Waals surface area (Å²) in [7, 11) is -2.07. The number of nitrogens with zero attached hydrogens (tertiary/aromatic N) is 1. The molecule has 1 N–H and O–H groups in total. The summed E-state index contributed by atoms with van der Waals surface area (Å²) in [4.78, 5) is 0.236. The Hall–Kier alpha value is -2.64. The van der Waals surface area contributed by atoms with Crippen molar-refractivity contribution in [1.82, 2.24) is 9.88 Å². The minimum absolute atomic E-state index is 0.183. The molecule has 136 valence electrons. The van der Waals surface area contributed by atoms with Crippen LogP contribution in [-0.4, -0.2) is 20.7 Å². The van der Waals surface area contributed by atoms with Crippen molar-refractivity contribution in [3.63, 3.8) is 0 Å². The first-order chi connectivity index (χ1) is 12.4. The normalized spacial score (nSPS) is 11.5. The summed E-state index contributed by atoms with van der Waals surface area (Å²) in [5.41, 5.74) is 3.01.